The molecule has 0 spiro atoms. The molecule has 1 aromatic carbocycles. The normalized spacial score (nSPS) is 11.1. The number of fused-ring (bicyclic) bond motifs is 1. The first-order valence-corrected chi connectivity index (χ1v) is 7.18. The van der Waals surface area contributed by atoms with E-state index in [-0.39, 0.29) is 0 Å². The third-order valence-electron chi connectivity index (χ3n) is 3.19. The number of aromatic nitrogens is 2. The van der Waals surface area contributed by atoms with Crippen LogP contribution >= 0.6 is 11.8 Å². The summed E-state index contributed by atoms with van der Waals surface area (Å²) in [5.41, 5.74) is 3.32. The number of benzene rings is 1. The molecule has 0 aliphatic heterocycles. The predicted octanol–water partition coefficient (Wildman–Crippen LogP) is 3.55. The quantitative estimate of drug-likeness (QED) is 0.684. The highest BCUT2D eigenvalue weighted by atomic mass is 32.2. The molecule has 0 amide bonds. The van der Waals surface area contributed by atoms with Gasteiger partial charge in [-0.15, -0.1) is 0 Å². The van der Waals surface area contributed by atoms with E-state index in [9.17, 15) is 0 Å². The number of thioether (sulfide) groups is 1. The SMILES string of the molecule is Cc1noc(C)c1CSc1ccc2ccccc2[nH+]1. The van der Waals surface area contributed by atoms with Gasteiger partial charge in [0, 0.05) is 28.8 Å². The Morgan fingerprint density at radius 2 is 2.00 bits per heavy atom. The lowest BCUT2D eigenvalue weighted by Crippen LogP contribution is -2.07. The molecule has 2 aromatic heterocycles. The van der Waals surface area contributed by atoms with Gasteiger partial charge in [0.25, 0.3) is 0 Å². The second-order valence-electron chi connectivity index (χ2n) is 4.50. The molecule has 0 aliphatic rings. The van der Waals surface area contributed by atoms with Crippen LogP contribution in [0.15, 0.2) is 45.9 Å². The number of rotatable bonds is 3. The molecule has 1 N–H and O–H groups in total. The van der Waals surface area contributed by atoms with Crippen LogP contribution in [0, 0.1) is 13.8 Å². The Balaban J connectivity index is 1.82. The van der Waals surface area contributed by atoms with Crippen molar-refractivity contribution in [2.75, 3.05) is 0 Å². The van der Waals surface area contributed by atoms with Crippen LogP contribution in [-0.4, -0.2) is 5.16 Å². The summed E-state index contributed by atoms with van der Waals surface area (Å²) < 4.78 is 5.18. The van der Waals surface area contributed by atoms with Crippen molar-refractivity contribution in [1.82, 2.24) is 5.16 Å². The lowest BCUT2D eigenvalue weighted by atomic mass is 10.2. The largest absolute Gasteiger partial charge is 0.361 e. The molecule has 0 aliphatic carbocycles. The van der Waals surface area contributed by atoms with E-state index in [4.69, 9.17) is 4.52 Å². The van der Waals surface area contributed by atoms with Crippen LogP contribution in [0.2, 0.25) is 0 Å². The fraction of sp³-hybridized carbons (Fsp3) is 0.200. The topological polar surface area (TPSA) is 40.2 Å². The van der Waals surface area contributed by atoms with Crippen molar-refractivity contribution in [3.8, 4) is 0 Å². The van der Waals surface area contributed by atoms with Crippen molar-refractivity contribution in [2.24, 2.45) is 0 Å². The molecular formula is C15H15N2OS+. The fourth-order valence-electron chi connectivity index (χ4n) is 2.04. The highest BCUT2D eigenvalue weighted by Crippen LogP contribution is 2.24. The van der Waals surface area contributed by atoms with E-state index in [0.29, 0.717) is 0 Å². The molecule has 0 fully saturated rings. The van der Waals surface area contributed by atoms with Gasteiger partial charge in [0.15, 0.2) is 0 Å². The standard InChI is InChI=1S/C15H14N2OS/c1-10-13(11(2)18-17-10)9-19-15-8-7-12-5-3-4-6-14(12)16-15/h3-8H,9H2,1-2H3/p+1. The zero-order valence-electron chi connectivity index (χ0n) is 10.9. The highest BCUT2D eigenvalue weighted by molar-refractivity contribution is 7.98. The van der Waals surface area contributed by atoms with Crippen LogP contribution in [0.5, 0.6) is 0 Å². The van der Waals surface area contributed by atoms with E-state index in [1.807, 2.05) is 26.0 Å². The van der Waals surface area contributed by atoms with Crippen molar-refractivity contribution < 1.29 is 9.51 Å². The van der Waals surface area contributed by atoms with Crippen LogP contribution in [0.4, 0.5) is 0 Å². The monoisotopic (exact) mass is 271 g/mol. The van der Waals surface area contributed by atoms with Crippen LogP contribution in [-0.2, 0) is 5.75 Å². The van der Waals surface area contributed by atoms with Crippen molar-refractivity contribution in [2.45, 2.75) is 24.6 Å². The van der Waals surface area contributed by atoms with Gasteiger partial charge in [-0.3, -0.25) is 0 Å². The number of nitrogens with zero attached hydrogens (tertiary/aromatic N) is 1. The predicted molar refractivity (Wildman–Crippen MR) is 76.0 cm³/mol. The van der Waals surface area contributed by atoms with Crippen LogP contribution in [0.3, 0.4) is 0 Å². The minimum atomic E-state index is 0.871. The van der Waals surface area contributed by atoms with Crippen molar-refractivity contribution >= 4 is 22.7 Å². The highest BCUT2D eigenvalue weighted by Gasteiger charge is 2.12. The zero-order chi connectivity index (χ0) is 13.2. The minimum Gasteiger partial charge on any atom is -0.361 e. The Labute approximate surface area is 116 Å². The lowest BCUT2D eigenvalue weighted by molar-refractivity contribution is -0.395. The number of aromatic amines is 1. The number of hydrogen-bond acceptors (Lipinski definition) is 3. The van der Waals surface area contributed by atoms with E-state index in [1.54, 1.807) is 11.8 Å². The number of para-hydroxylation sites is 1. The number of aryl methyl sites for hydroxylation is 2. The van der Waals surface area contributed by atoms with Gasteiger partial charge < -0.3 is 4.52 Å². The molecule has 3 aromatic rings. The third-order valence-corrected chi connectivity index (χ3v) is 4.17. The van der Waals surface area contributed by atoms with Crippen molar-refractivity contribution in [3.63, 3.8) is 0 Å². The fourth-order valence-corrected chi connectivity index (χ4v) is 3.10. The van der Waals surface area contributed by atoms with Gasteiger partial charge in [-0.2, -0.15) is 4.98 Å². The summed E-state index contributed by atoms with van der Waals surface area (Å²) in [5, 5.41) is 6.36. The summed E-state index contributed by atoms with van der Waals surface area (Å²) in [6.07, 6.45) is 0. The van der Waals surface area contributed by atoms with Gasteiger partial charge >= 0.3 is 0 Å². The van der Waals surface area contributed by atoms with Gasteiger partial charge in [0.2, 0.25) is 10.5 Å². The Bertz CT molecular complexity index is 701. The molecule has 2 heterocycles. The van der Waals surface area contributed by atoms with Crippen LogP contribution in [0.25, 0.3) is 10.9 Å². The maximum Gasteiger partial charge on any atom is 0.239 e. The smallest absolute Gasteiger partial charge is 0.239 e. The zero-order valence-corrected chi connectivity index (χ0v) is 11.8. The minimum absolute atomic E-state index is 0.871. The number of pyridine rings is 1. The molecule has 0 radical (unpaired) electrons. The summed E-state index contributed by atoms with van der Waals surface area (Å²) >= 11 is 1.77. The van der Waals surface area contributed by atoms with Gasteiger partial charge in [-0.1, -0.05) is 29.1 Å². The molecule has 3 nitrogen and oxygen atoms in total. The maximum absolute atomic E-state index is 5.18. The van der Waals surface area contributed by atoms with E-state index in [0.717, 1.165) is 27.7 Å². The summed E-state index contributed by atoms with van der Waals surface area (Å²) in [6.45, 7) is 3.94. The molecule has 0 atom stereocenters. The third kappa shape index (κ3) is 2.49. The van der Waals surface area contributed by atoms with E-state index >= 15 is 0 Å². The first-order chi connectivity index (χ1) is 9.24. The number of hydrogen-bond donors (Lipinski definition) is 0. The molecule has 0 saturated carbocycles. The Hall–Kier alpha value is -1.81. The lowest BCUT2D eigenvalue weighted by Gasteiger charge is -1.98. The summed E-state index contributed by atoms with van der Waals surface area (Å²) in [5.74, 6) is 1.78. The average Bonchev–Trinajstić information content (AvgIpc) is 2.76. The first-order valence-electron chi connectivity index (χ1n) is 6.19. The second kappa shape index (κ2) is 5.05. The van der Waals surface area contributed by atoms with Gasteiger partial charge in [0.05, 0.1) is 5.69 Å². The molecule has 19 heavy (non-hydrogen) atoms. The second-order valence-corrected chi connectivity index (χ2v) is 5.52. The summed E-state index contributed by atoms with van der Waals surface area (Å²) in [7, 11) is 0. The molecule has 0 unspecified atom stereocenters. The maximum atomic E-state index is 5.18. The summed E-state index contributed by atoms with van der Waals surface area (Å²) in [4.78, 5) is 3.44. The first kappa shape index (κ1) is 12.2. The van der Waals surface area contributed by atoms with Crippen molar-refractivity contribution in [3.05, 3.63) is 53.4 Å². The van der Waals surface area contributed by atoms with Gasteiger partial charge in [0.1, 0.15) is 5.76 Å². The van der Waals surface area contributed by atoms with Gasteiger partial charge in [-0.25, -0.2) is 0 Å². The van der Waals surface area contributed by atoms with Gasteiger partial charge in [-0.05, 0) is 26.0 Å². The molecule has 0 saturated heterocycles. The van der Waals surface area contributed by atoms with Crippen LogP contribution in [0.1, 0.15) is 17.0 Å². The van der Waals surface area contributed by atoms with E-state index < -0.39 is 0 Å². The Morgan fingerprint density at radius 3 is 2.79 bits per heavy atom. The number of H-pyrrole nitrogens is 1. The summed E-state index contributed by atoms with van der Waals surface area (Å²) in [6, 6.07) is 12.5. The molecule has 0 bridgehead atoms. The van der Waals surface area contributed by atoms with Crippen molar-refractivity contribution in [1.29, 1.82) is 0 Å². The Kier molecular flexibility index (Phi) is 3.25. The van der Waals surface area contributed by atoms with Crippen LogP contribution < -0.4 is 4.98 Å². The average molecular weight is 271 g/mol. The molecular weight excluding hydrogens is 256 g/mol. The van der Waals surface area contributed by atoms with E-state index in [1.165, 1.54) is 10.9 Å². The molecule has 3 rings (SSSR count). The number of nitrogens with one attached hydrogen (secondary N) is 1. The molecule has 4 heteroatoms. The Morgan fingerprint density at radius 1 is 1.16 bits per heavy atom. The van der Waals surface area contributed by atoms with E-state index in [2.05, 4.69) is 34.4 Å². The molecule has 96 valence electrons.